The molecule has 1 atom stereocenters. The molecule has 3 rings (SSSR count). The zero-order valence-corrected chi connectivity index (χ0v) is 14.2. The Balaban J connectivity index is 1.74. The zero-order valence-electron chi connectivity index (χ0n) is 13.4. The second-order valence-corrected chi connectivity index (χ2v) is 7.27. The fourth-order valence-electron chi connectivity index (χ4n) is 3.10. The Labute approximate surface area is 140 Å². The first-order valence-electron chi connectivity index (χ1n) is 8.22. The molecular formula is C18H22N2O2S. The molecule has 4 nitrogen and oxygen atoms in total. The average molecular weight is 330 g/mol. The van der Waals surface area contributed by atoms with Crippen molar-refractivity contribution in [3.63, 3.8) is 0 Å². The van der Waals surface area contributed by atoms with Gasteiger partial charge in [0, 0.05) is 23.0 Å². The molecule has 0 radical (unpaired) electrons. The SMILES string of the molecule is C[C@H](Cc1cccs1)NC(=O)c1cc2c([nH]c1=O)CCCCC2. The lowest BCUT2D eigenvalue weighted by Gasteiger charge is -2.14. The molecule has 0 aliphatic heterocycles. The van der Waals surface area contributed by atoms with Gasteiger partial charge in [-0.2, -0.15) is 0 Å². The van der Waals surface area contributed by atoms with E-state index in [1.165, 1.54) is 11.3 Å². The molecule has 0 unspecified atom stereocenters. The molecule has 0 saturated heterocycles. The van der Waals surface area contributed by atoms with Gasteiger partial charge in [-0.15, -0.1) is 11.3 Å². The first kappa shape index (κ1) is 16.0. The van der Waals surface area contributed by atoms with Gasteiger partial charge >= 0.3 is 0 Å². The van der Waals surface area contributed by atoms with Crippen molar-refractivity contribution < 1.29 is 4.79 Å². The van der Waals surface area contributed by atoms with E-state index in [0.717, 1.165) is 43.4 Å². The third kappa shape index (κ3) is 3.91. The molecular weight excluding hydrogens is 308 g/mol. The summed E-state index contributed by atoms with van der Waals surface area (Å²) in [6.07, 6.45) is 6.03. The van der Waals surface area contributed by atoms with Crippen molar-refractivity contribution in [3.8, 4) is 0 Å². The quantitative estimate of drug-likeness (QED) is 0.846. The Morgan fingerprint density at radius 2 is 2.17 bits per heavy atom. The molecule has 2 N–H and O–H groups in total. The average Bonchev–Trinajstić information content (AvgIpc) is 2.90. The van der Waals surface area contributed by atoms with Crippen LogP contribution in [0, 0.1) is 0 Å². The first-order chi connectivity index (χ1) is 11.1. The maximum absolute atomic E-state index is 12.4. The fourth-order valence-corrected chi connectivity index (χ4v) is 3.94. The minimum Gasteiger partial charge on any atom is -0.349 e. The number of nitrogens with one attached hydrogen (secondary N) is 2. The molecule has 2 heterocycles. The molecule has 2 aromatic heterocycles. The van der Waals surface area contributed by atoms with Crippen molar-refractivity contribution in [2.75, 3.05) is 0 Å². The highest BCUT2D eigenvalue weighted by Gasteiger charge is 2.18. The standard InChI is InChI=1S/C18H22N2O2S/c1-12(10-14-7-5-9-23-14)19-17(21)15-11-13-6-3-2-4-8-16(13)20-18(15)22/h5,7,9,11-12H,2-4,6,8,10H2,1H3,(H,19,21)(H,20,22)/t12-/m1/s1. The Morgan fingerprint density at radius 3 is 2.96 bits per heavy atom. The number of carbonyl (C=O) groups is 1. The minimum absolute atomic E-state index is 0.000592. The number of amides is 1. The molecule has 0 aromatic carbocycles. The van der Waals surface area contributed by atoms with Crippen LogP contribution in [0.3, 0.4) is 0 Å². The molecule has 0 spiro atoms. The van der Waals surface area contributed by atoms with Crippen molar-refractivity contribution in [1.29, 1.82) is 0 Å². The maximum atomic E-state index is 12.4. The van der Waals surface area contributed by atoms with Crippen LogP contribution in [0.5, 0.6) is 0 Å². The Kier molecular flexibility index (Phi) is 4.96. The second kappa shape index (κ2) is 7.13. The third-order valence-corrected chi connectivity index (χ3v) is 5.20. The molecule has 1 aliphatic rings. The summed E-state index contributed by atoms with van der Waals surface area (Å²) in [7, 11) is 0. The van der Waals surface area contributed by atoms with Crippen LogP contribution in [0.15, 0.2) is 28.4 Å². The molecule has 1 aliphatic carbocycles. The summed E-state index contributed by atoms with van der Waals surface area (Å²) in [4.78, 5) is 28.8. The van der Waals surface area contributed by atoms with Crippen LogP contribution in [0.1, 0.15) is 52.7 Å². The zero-order chi connectivity index (χ0) is 16.2. The number of pyridine rings is 1. The van der Waals surface area contributed by atoms with Gasteiger partial charge in [0.2, 0.25) is 0 Å². The van der Waals surface area contributed by atoms with E-state index in [1.807, 2.05) is 18.4 Å². The van der Waals surface area contributed by atoms with Crippen LogP contribution in [0.2, 0.25) is 0 Å². The summed E-state index contributed by atoms with van der Waals surface area (Å²) < 4.78 is 0. The van der Waals surface area contributed by atoms with E-state index in [0.29, 0.717) is 0 Å². The highest BCUT2D eigenvalue weighted by molar-refractivity contribution is 7.09. The molecule has 0 fully saturated rings. The number of aromatic amines is 1. The van der Waals surface area contributed by atoms with Gasteiger partial charge in [-0.3, -0.25) is 9.59 Å². The molecule has 1 amide bonds. The van der Waals surface area contributed by atoms with Crippen molar-refractivity contribution in [2.24, 2.45) is 0 Å². The number of rotatable bonds is 4. The van der Waals surface area contributed by atoms with Crippen LogP contribution in [0.4, 0.5) is 0 Å². The summed E-state index contributed by atoms with van der Waals surface area (Å²) >= 11 is 1.68. The van der Waals surface area contributed by atoms with Crippen molar-refractivity contribution >= 4 is 17.2 Å². The molecule has 122 valence electrons. The van der Waals surface area contributed by atoms with Crippen LogP contribution in [-0.2, 0) is 19.3 Å². The number of thiophene rings is 1. The van der Waals surface area contributed by atoms with E-state index in [2.05, 4.69) is 16.4 Å². The van der Waals surface area contributed by atoms with Gasteiger partial charge in [-0.1, -0.05) is 12.5 Å². The maximum Gasteiger partial charge on any atom is 0.261 e. The number of H-pyrrole nitrogens is 1. The predicted molar refractivity (Wildman–Crippen MR) is 93.3 cm³/mol. The lowest BCUT2D eigenvalue weighted by Crippen LogP contribution is -2.37. The second-order valence-electron chi connectivity index (χ2n) is 6.23. The van der Waals surface area contributed by atoms with E-state index in [1.54, 1.807) is 17.4 Å². The van der Waals surface area contributed by atoms with Gasteiger partial charge in [0.1, 0.15) is 5.56 Å². The van der Waals surface area contributed by atoms with E-state index in [9.17, 15) is 9.59 Å². The van der Waals surface area contributed by atoms with Gasteiger partial charge in [0.25, 0.3) is 11.5 Å². The Hall–Kier alpha value is -1.88. The van der Waals surface area contributed by atoms with Gasteiger partial charge < -0.3 is 10.3 Å². The van der Waals surface area contributed by atoms with Gasteiger partial charge in [-0.05, 0) is 55.7 Å². The number of carbonyl (C=O) groups excluding carboxylic acids is 1. The number of hydrogen-bond donors (Lipinski definition) is 2. The molecule has 2 aromatic rings. The van der Waals surface area contributed by atoms with E-state index in [-0.39, 0.29) is 23.1 Å². The Morgan fingerprint density at radius 1 is 1.35 bits per heavy atom. The predicted octanol–water partition coefficient (Wildman–Crippen LogP) is 3.07. The fraction of sp³-hybridized carbons (Fsp3) is 0.444. The van der Waals surface area contributed by atoms with E-state index in [4.69, 9.17) is 0 Å². The van der Waals surface area contributed by atoms with Crippen molar-refractivity contribution in [3.05, 3.63) is 55.6 Å². The lowest BCUT2D eigenvalue weighted by atomic mass is 10.1. The van der Waals surface area contributed by atoms with Crippen LogP contribution >= 0.6 is 11.3 Å². The Bertz CT molecular complexity index is 734. The topological polar surface area (TPSA) is 62.0 Å². The number of hydrogen-bond acceptors (Lipinski definition) is 3. The van der Waals surface area contributed by atoms with Crippen molar-refractivity contribution in [1.82, 2.24) is 10.3 Å². The largest absolute Gasteiger partial charge is 0.349 e. The molecule has 0 bridgehead atoms. The van der Waals surface area contributed by atoms with Gasteiger partial charge in [-0.25, -0.2) is 0 Å². The minimum atomic E-state index is -0.276. The van der Waals surface area contributed by atoms with Gasteiger partial charge in [0.15, 0.2) is 0 Å². The summed E-state index contributed by atoms with van der Waals surface area (Å²) in [5.41, 5.74) is 2.10. The highest BCUT2D eigenvalue weighted by atomic mass is 32.1. The smallest absolute Gasteiger partial charge is 0.261 e. The van der Waals surface area contributed by atoms with E-state index < -0.39 is 0 Å². The number of aromatic nitrogens is 1. The summed E-state index contributed by atoms with van der Waals surface area (Å²) in [6.45, 7) is 1.97. The summed E-state index contributed by atoms with van der Waals surface area (Å²) in [6, 6.07) is 5.86. The molecule has 0 saturated carbocycles. The summed E-state index contributed by atoms with van der Waals surface area (Å²) in [5.74, 6) is -0.276. The molecule has 23 heavy (non-hydrogen) atoms. The lowest BCUT2D eigenvalue weighted by molar-refractivity contribution is 0.0938. The highest BCUT2D eigenvalue weighted by Crippen LogP contribution is 2.18. The normalized spacial score (nSPS) is 15.5. The monoisotopic (exact) mass is 330 g/mol. The van der Waals surface area contributed by atoms with Gasteiger partial charge in [0.05, 0.1) is 0 Å². The van der Waals surface area contributed by atoms with Crippen LogP contribution in [-0.4, -0.2) is 16.9 Å². The summed E-state index contributed by atoms with van der Waals surface area (Å²) in [5, 5.41) is 4.97. The van der Waals surface area contributed by atoms with Crippen LogP contribution in [0.25, 0.3) is 0 Å². The first-order valence-corrected chi connectivity index (χ1v) is 9.10. The van der Waals surface area contributed by atoms with Crippen molar-refractivity contribution in [2.45, 2.75) is 51.5 Å². The number of aryl methyl sites for hydroxylation is 2. The third-order valence-electron chi connectivity index (χ3n) is 4.30. The van der Waals surface area contributed by atoms with E-state index >= 15 is 0 Å². The molecule has 5 heteroatoms. The number of fused-ring (bicyclic) bond motifs is 1. The van der Waals surface area contributed by atoms with Crippen LogP contribution < -0.4 is 10.9 Å².